The topological polar surface area (TPSA) is 172 Å². The number of carbonyl (C=O) groups is 1. The lowest BCUT2D eigenvalue weighted by atomic mass is 10.1. The van der Waals surface area contributed by atoms with Crippen molar-refractivity contribution in [3.8, 4) is 17.3 Å². The molecule has 0 unspecified atom stereocenters. The first-order valence-electron chi connectivity index (χ1n) is 11.7. The Balaban J connectivity index is 1.58. The maximum Gasteiger partial charge on any atom is 0.303 e. The number of pyridine rings is 1. The molecule has 1 fully saturated rings. The third kappa shape index (κ3) is 7.16. The summed E-state index contributed by atoms with van der Waals surface area (Å²) in [5, 5.41) is 25.4. The highest BCUT2D eigenvalue weighted by Gasteiger charge is 2.18. The van der Waals surface area contributed by atoms with Crippen molar-refractivity contribution in [1.82, 2.24) is 15.0 Å². The number of benzene rings is 1. The third-order valence-electron chi connectivity index (χ3n) is 5.60. The Morgan fingerprint density at radius 1 is 1.22 bits per heavy atom. The lowest BCUT2D eigenvalue weighted by Crippen LogP contribution is -2.22. The largest absolute Gasteiger partial charge is 0.481 e. The zero-order valence-electron chi connectivity index (χ0n) is 20.0. The molecule has 0 radical (unpaired) electrons. The molecule has 37 heavy (non-hydrogen) atoms. The van der Waals surface area contributed by atoms with E-state index in [9.17, 15) is 10.1 Å². The fourth-order valence-corrected chi connectivity index (χ4v) is 3.75. The molecule has 0 bridgehead atoms. The predicted octanol–water partition coefficient (Wildman–Crippen LogP) is 2.56. The fraction of sp³-hybridized carbons (Fsp3) is 0.269. The smallest absolute Gasteiger partial charge is 0.303 e. The SMILES string of the molecule is N#Cc1cccc(-c2cc(/C(C=NCc3cccc(CCC(=O)O)n3)=N/N)nc(N[C@@H]3CCOC3)n2)c1. The van der Waals surface area contributed by atoms with Crippen LogP contribution >= 0.6 is 0 Å². The van der Waals surface area contributed by atoms with Crippen molar-refractivity contribution < 1.29 is 14.6 Å². The summed E-state index contributed by atoms with van der Waals surface area (Å²) in [5.41, 5.74) is 4.06. The molecule has 1 saturated heterocycles. The van der Waals surface area contributed by atoms with Crippen LogP contribution in [-0.4, -0.2) is 57.2 Å². The standard InChI is InChI=1S/C26H26N8O3/c27-13-17-3-1-4-18(11-17)22-12-23(33-26(32-22)31-21-9-10-37-16-21)24(34-28)15-29-14-20-6-2-5-19(30-20)7-8-25(35)36/h1-6,11-12,15,21H,7-10,14,16,28H2,(H,35,36)(H,31,32,33)/b29-15?,34-24+/t21-/m1/s1. The van der Waals surface area contributed by atoms with Crippen LogP contribution in [0.2, 0.25) is 0 Å². The molecule has 0 spiro atoms. The van der Waals surface area contributed by atoms with E-state index >= 15 is 0 Å². The van der Waals surface area contributed by atoms with E-state index in [1.165, 1.54) is 6.21 Å². The van der Waals surface area contributed by atoms with Crippen LogP contribution in [0.5, 0.6) is 0 Å². The molecule has 4 rings (SSSR count). The number of aliphatic carboxylic acids is 1. The van der Waals surface area contributed by atoms with E-state index < -0.39 is 5.97 Å². The Bertz CT molecular complexity index is 1360. The van der Waals surface area contributed by atoms with Crippen LogP contribution in [0.3, 0.4) is 0 Å². The number of aliphatic imine (C=N–C) groups is 1. The summed E-state index contributed by atoms with van der Waals surface area (Å²) in [5.74, 6) is 5.23. The van der Waals surface area contributed by atoms with E-state index in [-0.39, 0.29) is 19.0 Å². The minimum absolute atomic E-state index is 0.0143. The summed E-state index contributed by atoms with van der Waals surface area (Å²) in [7, 11) is 0. The van der Waals surface area contributed by atoms with Crippen LogP contribution in [-0.2, 0) is 22.5 Å². The van der Waals surface area contributed by atoms with Gasteiger partial charge in [0.15, 0.2) is 0 Å². The van der Waals surface area contributed by atoms with Gasteiger partial charge in [-0.3, -0.25) is 14.8 Å². The molecule has 1 atom stereocenters. The van der Waals surface area contributed by atoms with E-state index in [1.807, 2.05) is 18.2 Å². The molecule has 0 amide bonds. The summed E-state index contributed by atoms with van der Waals surface area (Å²) >= 11 is 0. The van der Waals surface area contributed by atoms with Crippen molar-refractivity contribution >= 4 is 23.8 Å². The van der Waals surface area contributed by atoms with Gasteiger partial charge < -0.3 is 21.0 Å². The molecular formula is C26H26N8O3. The molecule has 11 heteroatoms. The maximum atomic E-state index is 10.8. The Labute approximate surface area is 213 Å². The molecule has 3 heterocycles. The number of rotatable bonds is 10. The van der Waals surface area contributed by atoms with E-state index in [1.54, 1.807) is 30.3 Å². The Hall–Kier alpha value is -4.69. The van der Waals surface area contributed by atoms with Crippen LogP contribution in [0.25, 0.3) is 11.3 Å². The van der Waals surface area contributed by atoms with Gasteiger partial charge in [0.25, 0.3) is 0 Å². The molecule has 1 aliphatic heterocycles. The lowest BCUT2D eigenvalue weighted by molar-refractivity contribution is -0.136. The van der Waals surface area contributed by atoms with Crippen molar-refractivity contribution in [2.75, 3.05) is 18.5 Å². The van der Waals surface area contributed by atoms with Gasteiger partial charge in [0, 0.05) is 24.3 Å². The average Bonchev–Trinajstić information content (AvgIpc) is 3.43. The van der Waals surface area contributed by atoms with Gasteiger partial charge in [-0.25, -0.2) is 9.97 Å². The van der Waals surface area contributed by atoms with E-state index in [2.05, 4.69) is 36.4 Å². The second-order valence-corrected chi connectivity index (χ2v) is 8.36. The minimum atomic E-state index is -0.869. The Morgan fingerprint density at radius 3 is 2.81 bits per heavy atom. The van der Waals surface area contributed by atoms with Crippen LogP contribution in [0.15, 0.2) is 58.6 Å². The van der Waals surface area contributed by atoms with Gasteiger partial charge in [-0.15, -0.1) is 0 Å². The van der Waals surface area contributed by atoms with Crippen molar-refractivity contribution in [2.24, 2.45) is 15.9 Å². The highest BCUT2D eigenvalue weighted by molar-refractivity contribution is 6.37. The van der Waals surface area contributed by atoms with Crippen molar-refractivity contribution in [2.45, 2.75) is 31.8 Å². The highest BCUT2D eigenvalue weighted by atomic mass is 16.5. The number of carboxylic acids is 1. The summed E-state index contributed by atoms with van der Waals surface area (Å²) in [6.45, 7) is 1.49. The number of aryl methyl sites for hydroxylation is 1. The van der Waals surface area contributed by atoms with Crippen molar-refractivity contribution in [3.05, 3.63) is 71.2 Å². The van der Waals surface area contributed by atoms with E-state index in [0.29, 0.717) is 59.6 Å². The predicted molar refractivity (Wildman–Crippen MR) is 138 cm³/mol. The first-order chi connectivity index (χ1) is 18.0. The summed E-state index contributed by atoms with van der Waals surface area (Å²) in [6.07, 6.45) is 2.72. The Kier molecular flexibility index (Phi) is 8.46. The molecule has 1 aromatic carbocycles. The number of nitrogens with one attached hydrogen (secondary N) is 1. The number of carboxylic acid groups (broad SMARTS) is 1. The normalized spacial score (nSPS) is 15.5. The molecular weight excluding hydrogens is 472 g/mol. The second kappa shape index (κ2) is 12.3. The van der Waals surface area contributed by atoms with Gasteiger partial charge in [0.2, 0.25) is 5.95 Å². The summed E-state index contributed by atoms with van der Waals surface area (Å²) < 4.78 is 5.45. The maximum absolute atomic E-state index is 10.8. The number of hydrazone groups is 1. The van der Waals surface area contributed by atoms with E-state index in [4.69, 9.17) is 15.7 Å². The number of anilines is 1. The number of nitrogens with zero attached hydrogens (tertiary/aromatic N) is 6. The van der Waals surface area contributed by atoms with Crippen LogP contribution in [0.4, 0.5) is 5.95 Å². The molecule has 0 aliphatic carbocycles. The van der Waals surface area contributed by atoms with Gasteiger partial charge >= 0.3 is 5.97 Å². The molecule has 1 aliphatic rings. The number of ether oxygens (including phenoxy) is 1. The van der Waals surface area contributed by atoms with Gasteiger partial charge in [0.1, 0.15) is 5.71 Å². The quantitative estimate of drug-likeness (QED) is 0.216. The van der Waals surface area contributed by atoms with Crippen LogP contribution < -0.4 is 11.2 Å². The van der Waals surface area contributed by atoms with Crippen LogP contribution in [0, 0.1) is 11.3 Å². The molecule has 11 nitrogen and oxygen atoms in total. The number of nitrogens with two attached hydrogens (primary N) is 1. The number of aromatic nitrogens is 3. The summed E-state index contributed by atoms with van der Waals surface area (Å²) in [6, 6.07) is 16.5. The number of hydrogen-bond acceptors (Lipinski definition) is 10. The van der Waals surface area contributed by atoms with Crippen molar-refractivity contribution in [3.63, 3.8) is 0 Å². The van der Waals surface area contributed by atoms with E-state index in [0.717, 1.165) is 12.0 Å². The molecule has 188 valence electrons. The number of nitriles is 1. The molecule has 2 aromatic heterocycles. The lowest BCUT2D eigenvalue weighted by Gasteiger charge is -2.13. The van der Waals surface area contributed by atoms with Crippen LogP contribution in [0.1, 0.15) is 35.5 Å². The zero-order chi connectivity index (χ0) is 26.0. The van der Waals surface area contributed by atoms with Crippen molar-refractivity contribution in [1.29, 1.82) is 5.26 Å². The minimum Gasteiger partial charge on any atom is -0.481 e. The molecule has 4 N–H and O–H groups in total. The molecule has 0 saturated carbocycles. The number of hydrogen-bond donors (Lipinski definition) is 3. The molecule has 3 aromatic rings. The van der Waals surface area contributed by atoms with Gasteiger partial charge in [-0.2, -0.15) is 10.4 Å². The zero-order valence-corrected chi connectivity index (χ0v) is 20.0. The van der Waals surface area contributed by atoms with Gasteiger partial charge in [-0.05, 0) is 36.8 Å². The Morgan fingerprint density at radius 2 is 2.05 bits per heavy atom. The third-order valence-corrected chi connectivity index (χ3v) is 5.60. The first kappa shape index (κ1) is 25.4. The first-order valence-corrected chi connectivity index (χ1v) is 11.7. The highest BCUT2D eigenvalue weighted by Crippen LogP contribution is 2.22. The fourth-order valence-electron chi connectivity index (χ4n) is 3.75. The van der Waals surface area contributed by atoms with Gasteiger partial charge in [-0.1, -0.05) is 18.2 Å². The average molecular weight is 499 g/mol. The summed E-state index contributed by atoms with van der Waals surface area (Å²) in [4.78, 5) is 29.0. The monoisotopic (exact) mass is 498 g/mol. The van der Waals surface area contributed by atoms with Gasteiger partial charge in [0.05, 0.1) is 60.5 Å². The second-order valence-electron chi connectivity index (χ2n) is 8.36.